The van der Waals surface area contributed by atoms with E-state index in [1.54, 1.807) is 18.0 Å². The van der Waals surface area contributed by atoms with Crippen LogP contribution in [0.15, 0.2) is 23.5 Å². The van der Waals surface area contributed by atoms with Crippen LogP contribution in [-0.2, 0) is 0 Å². The summed E-state index contributed by atoms with van der Waals surface area (Å²) in [6.07, 6.45) is 3.55. The average molecular weight is 221 g/mol. The maximum Gasteiger partial charge on any atom is 0.235 e. The van der Waals surface area contributed by atoms with Crippen LogP contribution in [0.2, 0.25) is 0 Å². The Labute approximate surface area is 91.7 Å². The van der Waals surface area contributed by atoms with Crippen molar-refractivity contribution < 1.29 is 4.79 Å². The first-order valence-electron chi connectivity index (χ1n) is 4.71. The summed E-state index contributed by atoms with van der Waals surface area (Å²) in [7, 11) is 0. The fraction of sp³-hybridized carbons (Fsp3) is 0.300. The summed E-state index contributed by atoms with van der Waals surface area (Å²) in [5, 5.41) is 0.883. The van der Waals surface area contributed by atoms with Crippen LogP contribution in [0.5, 0.6) is 0 Å². The van der Waals surface area contributed by atoms with E-state index in [0.717, 1.165) is 10.8 Å². The Kier molecular flexibility index (Phi) is 2.73. The van der Waals surface area contributed by atoms with Gasteiger partial charge >= 0.3 is 0 Å². The standard InChI is InChI=1S/C10H11N3OS/c1-3-15-9-8(7(2)14)12-10-11-5-4-6-13(9)10/h4-6H,3H2,1-2H3. The Bertz CT molecular complexity index is 506. The Morgan fingerprint density at radius 2 is 2.40 bits per heavy atom. The molecule has 0 aliphatic carbocycles. The molecule has 2 heterocycles. The van der Waals surface area contributed by atoms with Gasteiger partial charge < -0.3 is 0 Å². The van der Waals surface area contributed by atoms with Gasteiger partial charge in [-0.2, -0.15) is 0 Å². The largest absolute Gasteiger partial charge is 0.293 e. The number of ketones is 1. The summed E-state index contributed by atoms with van der Waals surface area (Å²) >= 11 is 1.61. The number of thioether (sulfide) groups is 1. The van der Waals surface area contributed by atoms with Crippen molar-refractivity contribution in [2.45, 2.75) is 18.9 Å². The van der Waals surface area contributed by atoms with Crippen molar-refractivity contribution in [1.29, 1.82) is 0 Å². The molecule has 0 N–H and O–H groups in total. The Balaban J connectivity index is 2.68. The van der Waals surface area contributed by atoms with Crippen molar-refractivity contribution in [3.63, 3.8) is 0 Å². The normalized spacial score (nSPS) is 10.8. The van der Waals surface area contributed by atoms with Gasteiger partial charge in [0.05, 0.1) is 0 Å². The molecule has 0 saturated carbocycles. The minimum Gasteiger partial charge on any atom is -0.293 e. The predicted molar refractivity (Wildman–Crippen MR) is 59.4 cm³/mol. The van der Waals surface area contributed by atoms with E-state index in [1.165, 1.54) is 6.92 Å². The third-order valence-electron chi connectivity index (χ3n) is 1.97. The van der Waals surface area contributed by atoms with E-state index in [4.69, 9.17) is 0 Å². The van der Waals surface area contributed by atoms with Crippen LogP contribution in [0.1, 0.15) is 24.3 Å². The molecule has 0 saturated heterocycles. The summed E-state index contributed by atoms with van der Waals surface area (Å²) < 4.78 is 1.85. The number of nitrogens with zero attached hydrogens (tertiary/aromatic N) is 3. The van der Waals surface area contributed by atoms with Gasteiger partial charge in [-0.3, -0.25) is 9.20 Å². The number of carbonyl (C=O) groups excluding carboxylic acids is 1. The van der Waals surface area contributed by atoms with Crippen LogP contribution in [0.3, 0.4) is 0 Å². The second kappa shape index (κ2) is 4.02. The van der Waals surface area contributed by atoms with E-state index >= 15 is 0 Å². The number of hydrogen-bond acceptors (Lipinski definition) is 4. The number of hydrogen-bond donors (Lipinski definition) is 0. The molecule has 0 aliphatic rings. The molecule has 0 fully saturated rings. The summed E-state index contributed by atoms with van der Waals surface area (Å²) in [6.45, 7) is 3.58. The molecule has 78 valence electrons. The summed E-state index contributed by atoms with van der Waals surface area (Å²) in [4.78, 5) is 19.7. The second-order valence-electron chi connectivity index (χ2n) is 3.04. The van der Waals surface area contributed by atoms with Crippen LogP contribution < -0.4 is 0 Å². The molecule has 0 amide bonds. The number of Topliss-reactive ketones (excluding diaryl/α,β-unsaturated/α-hetero) is 1. The molecule has 0 aromatic carbocycles. The highest BCUT2D eigenvalue weighted by molar-refractivity contribution is 7.99. The Morgan fingerprint density at radius 1 is 1.60 bits per heavy atom. The van der Waals surface area contributed by atoms with Crippen LogP contribution in [0.25, 0.3) is 5.78 Å². The first-order chi connectivity index (χ1) is 7.24. The molecule has 15 heavy (non-hydrogen) atoms. The van der Waals surface area contributed by atoms with Gasteiger partial charge in [0.1, 0.15) is 10.7 Å². The Morgan fingerprint density at radius 3 is 3.07 bits per heavy atom. The number of carbonyl (C=O) groups is 1. The van der Waals surface area contributed by atoms with Crippen LogP contribution in [-0.4, -0.2) is 25.9 Å². The fourth-order valence-corrected chi connectivity index (χ4v) is 2.25. The molecule has 5 heteroatoms. The van der Waals surface area contributed by atoms with Crippen LogP contribution >= 0.6 is 11.8 Å². The molecule has 0 radical (unpaired) electrons. The topological polar surface area (TPSA) is 47.3 Å². The van der Waals surface area contributed by atoms with Gasteiger partial charge in [0.25, 0.3) is 0 Å². The molecule has 0 unspecified atom stereocenters. The lowest BCUT2D eigenvalue weighted by molar-refractivity contribution is 0.101. The van der Waals surface area contributed by atoms with Crippen molar-refractivity contribution >= 4 is 23.3 Å². The number of imidazole rings is 1. The molecule has 0 bridgehead atoms. The fourth-order valence-electron chi connectivity index (χ4n) is 1.37. The van der Waals surface area contributed by atoms with E-state index in [0.29, 0.717) is 11.5 Å². The molecule has 2 aromatic heterocycles. The highest BCUT2D eigenvalue weighted by Gasteiger charge is 2.15. The molecular formula is C10H11N3OS. The molecule has 0 atom stereocenters. The summed E-state index contributed by atoms with van der Waals surface area (Å²) in [6, 6.07) is 1.83. The molecule has 2 rings (SSSR count). The zero-order chi connectivity index (χ0) is 10.8. The van der Waals surface area contributed by atoms with Gasteiger partial charge in [-0.05, 0) is 11.8 Å². The lowest BCUT2D eigenvalue weighted by Gasteiger charge is -1.99. The first-order valence-corrected chi connectivity index (χ1v) is 5.69. The maximum atomic E-state index is 11.4. The number of fused-ring (bicyclic) bond motifs is 1. The minimum absolute atomic E-state index is 0.0172. The molecular weight excluding hydrogens is 210 g/mol. The number of rotatable bonds is 3. The highest BCUT2D eigenvalue weighted by atomic mass is 32.2. The summed E-state index contributed by atoms with van der Waals surface area (Å²) in [5.74, 6) is 1.47. The molecule has 4 nitrogen and oxygen atoms in total. The van der Waals surface area contributed by atoms with Gasteiger partial charge in [-0.1, -0.05) is 6.92 Å². The van der Waals surface area contributed by atoms with Gasteiger partial charge in [0.2, 0.25) is 5.78 Å². The smallest absolute Gasteiger partial charge is 0.235 e. The van der Waals surface area contributed by atoms with E-state index in [-0.39, 0.29) is 5.78 Å². The monoisotopic (exact) mass is 221 g/mol. The van der Waals surface area contributed by atoms with Gasteiger partial charge in [-0.25, -0.2) is 9.97 Å². The number of aromatic nitrogens is 3. The average Bonchev–Trinajstić information content (AvgIpc) is 2.58. The van der Waals surface area contributed by atoms with E-state index in [9.17, 15) is 4.79 Å². The zero-order valence-electron chi connectivity index (χ0n) is 8.60. The van der Waals surface area contributed by atoms with E-state index in [2.05, 4.69) is 9.97 Å². The first kappa shape index (κ1) is 10.2. The minimum atomic E-state index is -0.0172. The SMILES string of the molecule is CCSc1c(C(C)=O)nc2ncccn12. The van der Waals surface area contributed by atoms with Gasteiger partial charge in [0, 0.05) is 19.3 Å². The van der Waals surface area contributed by atoms with Crippen molar-refractivity contribution in [1.82, 2.24) is 14.4 Å². The predicted octanol–water partition coefficient (Wildman–Crippen LogP) is 2.04. The quantitative estimate of drug-likeness (QED) is 0.588. The molecule has 0 aliphatic heterocycles. The van der Waals surface area contributed by atoms with Gasteiger partial charge in [0.15, 0.2) is 5.78 Å². The lowest BCUT2D eigenvalue weighted by atomic mass is 10.3. The maximum absolute atomic E-state index is 11.4. The zero-order valence-corrected chi connectivity index (χ0v) is 9.41. The lowest BCUT2D eigenvalue weighted by Crippen LogP contribution is -1.95. The third kappa shape index (κ3) is 1.74. The van der Waals surface area contributed by atoms with Crippen molar-refractivity contribution in [3.05, 3.63) is 24.2 Å². The highest BCUT2D eigenvalue weighted by Crippen LogP contribution is 2.23. The van der Waals surface area contributed by atoms with Crippen LogP contribution in [0.4, 0.5) is 0 Å². The second-order valence-corrected chi connectivity index (χ2v) is 4.30. The third-order valence-corrected chi connectivity index (χ3v) is 2.93. The Hall–Kier alpha value is -1.36. The van der Waals surface area contributed by atoms with E-state index in [1.807, 2.05) is 23.6 Å². The van der Waals surface area contributed by atoms with Crippen LogP contribution in [0, 0.1) is 0 Å². The van der Waals surface area contributed by atoms with Crippen molar-refractivity contribution in [3.8, 4) is 0 Å². The molecule has 2 aromatic rings. The van der Waals surface area contributed by atoms with Crippen molar-refractivity contribution in [2.24, 2.45) is 0 Å². The molecule has 0 spiro atoms. The van der Waals surface area contributed by atoms with Gasteiger partial charge in [-0.15, -0.1) is 11.8 Å². The van der Waals surface area contributed by atoms with Crippen molar-refractivity contribution in [2.75, 3.05) is 5.75 Å². The summed E-state index contributed by atoms with van der Waals surface area (Å²) in [5.41, 5.74) is 0.514. The van der Waals surface area contributed by atoms with E-state index < -0.39 is 0 Å².